The molecule has 0 aliphatic heterocycles. The van der Waals surface area contributed by atoms with Crippen LogP contribution < -0.4 is 81.8 Å². The molecular weight excluding hydrogens is 1630 g/mol. The molecule has 38 heteroatoms. The lowest BCUT2D eigenvalue weighted by atomic mass is 10.1. The number of amides is 5. The van der Waals surface area contributed by atoms with Gasteiger partial charge in [0.15, 0.2) is 0 Å². The van der Waals surface area contributed by atoms with Crippen LogP contribution in [0.15, 0.2) is 201 Å². The lowest BCUT2D eigenvalue weighted by Gasteiger charge is -2.15. The minimum absolute atomic E-state index is 0.0159. The number of halogens is 9. The molecule has 0 bridgehead atoms. The van der Waals surface area contributed by atoms with Crippen LogP contribution in [0.25, 0.3) is 0 Å². The second-order valence-electron chi connectivity index (χ2n) is 25.3. The molecule has 638 valence electrons. The molecule has 0 unspecified atom stereocenters. The number of hydrogen-bond acceptors (Lipinski definition) is 24. The molecule has 0 radical (unpaired) electrons. The molecule has 10 aromatic rings. The van der Waals surface area contributed by atoms with Crippen molar-refractivity contribution < 1.29 is 74.0 Å². The van der Waals surface area contributed by atoms with Crippen molar-refractivity contribution in [3.05, 3.63) is 256 Å². The number of aromatic nitrogens is 4. The van der Waals surface area contributed by atoms with Gasteiger partial charge in [0.1, 0.15) is 64.1 Å². The molecule has 0 aliphatic rings. The number of nitrogens with two attached hydrogens (primary N) is 5. The molecule has 120 heavy (non-hydrogen) atoms. The van der Waals surface area contributed by atoms with Crippen molar-refractivity contribution in [1.29, 1.82) is 0 Å². The molecule has 29 nitrogen and oxygen atoms in total. The highest BCUT2D eigenvalue weighted by Gasteiger charge is 2.34. The van der Waals surface area contributed by atoms with E-state index < -0.39 is 58.3 Å². The summed E-state index contributed by atoms with van der Waals surface area (Å²) in [6.45, 7) is 16.6. The van der Waals surface area contributed by atoms with Crippen LogP contribution in [0.3, 0.4) is 0 Å². The van der Waals surface area contributed by atoms with Crippen LogP contribution in [0.1, 0.15) is 77.8 Å². The topological polar surface area (TPSA) is 433 Å². The van der Waals surface area contributed by atoms with Crippen LogP contribution in [0.4, 0.5) is 137 Å². The molecule has 10 rings (SSSR count). The average Bonchev–Trinajstić information content (AvgIpc) is 0.830. The fourth-order valence-corrected chi connectivity index (χ4v) is 10.1. The highest BCUT2D eigenvalue weighted by atomic mass is 35.5. The molecule has 0 spiro atoms. The highest BCUT2D eigenvalue weighted by Crippen LogP contribution is 2.35. The zero-order valence-electron chi connectivity index (χ0n) is 65.9. The molecule has 0 atom stereocenters. The number of alkyl halides is 8. The van der Waals surface area contributed by atoms with Gasteiger partial charge < -0.3 is 78.9 Å². The number of benzene rings is 6. The van der Waals surface area contributed by atoms with Gasteiger partial charge in [-0.05, 0) is 160 Å². The SMILES string of the molecule is C=CCOC(=O)Nc1ccc(NCc2ccc(Cl)cc2)nc1N.CC(Cl)(Cl)COC(=O)Nc1ccc(NCc2ccccc2C(F)(F)F)nc1N.CCOC(=O)Nc1ccc(NCc2ccc(C)cc2)cc1N.CCOC(=O)Nc1ccc(NCc2ccc(C)cc2)nc1N.CCOC(=O)Nc1ccc(NCc2ccccc2C(F)(F)F)nc1N. The lowest BCUT2D eigenvalue weighted by molar-refractivity contribution is -0.139. The van der Waals surface area contributed by atoms with Crippen LogP contribution in [-0.2, 0) is 68.8 Å². The van der Waals surface area contributed by atoms with Crippen LogP contribution >= 0.6 is 34.8 Å². The molecule has 20 N–H and O–H groups in total. The molecule has 6 aromatic carbocycles. The first kappa shape index (κ1) is 95.3. The maximum Gasteiger partial charge on any atom is 0.416 e. The van der Waals surface area contributed by atoms with Gasteiger partial charge in [-0.1, -0.05) is 156 Å². The van der Waals surface area contributed by atoms with Crippen LogP contribution in [0.2, 0.25) is 5.02 Å². The molecule has 0 aliphatic carbocycles. The number of carbonyl (C=O) groups is 5. The minimum atomic E-state index is -4.46. The average molecular weight is 1720 g/mol. The molecule has 0 fully saturated rings. The summed E-state index contributed by atoms with van der Waals surface area (Å²) in [6, 6.07) is 52.6. The summed E-state index contributed by atoms with van der Waals surface area (Å²) in [5, 5.41) is 28.3. The number of hydrogen-bond donors (Lipinski definition) is 15. The smallest absolute Gasteiger partial charge is 0.416 e. The molecule has 0 saturated heterocycles. The zero-order chi connectivity index (χ0) is 88.0. The third kappa shape index (κ3) is 34.7. The fraction of sp³-hybridized carbons (Fsp3) is 0.232. The lowest BCUT2D eigenvalue weighted by Crippen LogP contribution is -2.23. The second kappa shape index (κ2) is 47.6. The Hall–Kier alpha value is -13.5. The van der Waals surface area contributed by atoms with Crippen molar-refractivity contribution in [3.8, 4) is 0 Å². The van der Waals surface area contributed by atoms with Crippen molar-refractivity contribution >= 4 is 152 Å². The predicted octanol–water partition coefficient (Wildman–Crippen LogP) is 19.5. The van der Waals surface area contributed by atoms with Gasteiger partial charge in [0.2, 0.25) is 0 Å². The summed E-state index contributed by atoms with van der Waals surface area (Å²) in [5.41, 5.74) is 36.8. The van der Waals surface area contributed by atoms with E-state index in [2.05, 4.69) is 142 Å². The number of carbonyl (C=O) groups excluding carboxylic acids is 5. The Kier molecular flexibility index (Phi) is 37.8. The van der Waals surface area contributed by atoms with Gasteiger partial charge in [0.25, 0.3) is 0 Å². The first-order valence-electron chi connectivity index (χ1n) is 36.5. The standard InChI is InChI=1S/C17H17Cl2F3N4O2.C17H21N3O2.C16H17ClN4O2.C16H17F3N4O2.C16H20N4O2/c1-16(18,19)9-28-15(27)25-12-6-7-13(26-14(12)23)24-8-10-4-2-3-5-11(10)17(20,21)22;1-3-22-17(21)20-16-9-8-14(10-15(16)18)19-11-13-6-4-12(2)5-7-13;1-2-9-23-16(22)20-13-7-8-14(21-15(13)18)19-10-11-3-5-12(17)6-4-11;1-2-25-15(24)22-12-7-8-13(23-14(12)20)21-9-10-5-3-4-6-11(10)16(17,18)19;1-3-22-16(21)19-13-8-9-14(20-15(13)17)18-10-12-6-4-11(2)5-7-12/h2-7H,8-9H2,1H3,(H,25,27)(H3,23,24,26);4-10,19H,3,11,18H2,1-2H3,(H,20,21);2-8H,1,9-10H2,(H,20,22)(H3,18,19,21);3-8H,2,9H2,1H3,(H,22,24)(H3,20,21,23);4-9H,3,10H2,1-2H3,(H,19,21)(H3,17,18,20). The Balaban J connectivity index is 0.000000233. The van der Waals surface area contributed by atoms with E-state index in [1.807, 2.05) is 30.3 Å². The van der Waals surface area contributed by atoms with E-state index in [4.69, 9.17) is 87.2 Å². The molecule has 4 heterocycles. The van der Waals surface area contributed by atoms with E-state index in [1.165, 1.54) is 90.4 Å². The predicted molar refractivity (Wildman–Crippen MR) is 461 cm³/mol. The summed E-state index contributed by atoms with van der Waals surface area (Å²) in [4.78, 5) is 73.6. The number of nitrogens with zero attached hydrogens (tertiary/aromatic N) is 4. The zero-order valence-corrected chi connectivity index (χ0v) is 68.2. The van der Waals surface area contributed by atoms with Gasteiger partial charge in [-0.15, -0.1) is 0 Å². The van der Waals surface area contributed by atoms with E-state index in [0.717, 1.165) is 28.9 Å². The number of rotatable bonds is 27. The Morgan fingerprint density at radius 1 is 0.408 bits per heavy atom. The summed E-state index contributed by atoms with van der Waals surface area (Å²) in [6.07, 6.45) is -10.6. The van der Waals surface area contributed by atoms with Crippen molar-refractivity contribution in [3.63, 3.8) is 0 Å². The quantitative estimate of drug-likeness (QED) is 0.00747. The Morgan fingerprint density at radius 3 is 1.04 bits per heavy atom. The summed E-state index contributed by atoms with van der Waals surface area (Å²) < 4.78 is 101. The van der Waals surface area contributed by atoms with Gasteiger partial charge >= 0.3 is 42.8 Å². The van der Waals surface area contributed by atoms with Crippen LogP contribution in [0, 0.1) is 13.8 Å². The van der Waals surface area contributed by atoms with Crippen LogP contribution in [-0.4, -0.2) is 87.8 Å². The maximum absolute atomic E-state index is 13.0. The number of aryl methyl sites for hydroxylation is 2. The summed E-state index contributed by atoms with van der Waals surface area (Å²) in [5.74, 6) is 2.16. The van der Waals surface area contributed by atoms with Gasteiger partial charge in [-0.25, -0.2) is 43.9 Å². The maximum atomic E-state index is 13.0. The van der Waals surface area contributed by atoms with E-state index in [9.17, 15) is 50.3 Å². The minimum Gasteiger partial charge on any atom is -0.450 e. The van der Waals surface area contributed by atoms with E-state index >= 15 is 0 Å². The first-order valence-corrected chi connectivity index (χ1v) is 37.6. The molecule has 0 saturated carbocycles. The third-order valence-electron chi connectivity index (χ3n) is 15.7. The monoisotopic (exact) mass is 1720 g/mol. The first-order chi connectivity index (χ1) is 57.0. The second-order valence-corrected chi connectivity index (χ2v) is 27.6. The Labute approximate surface area is 703 Å². The fourth-order valence-electron chi connectivity index (χ4n) is 9.83. The van der Waals surface area contributed by atoms with E-state index in [-0.39, 0.29) is 90.3 Å². The Bertz CT molecular complexity index is 4890. The number of nitrogen functional groups attached to an aromatic ring is 5. The largest absolute Gasteiger partial charge is 0.450 e. The van der Waals surface area contributed by atoms with Crippen molar-refractivity contribution in [2.75, 3.05) is 115 Å². The molecule has 4 aromatic heterocycles. The number of pyridine rings is 4. The number of nitrogens with one attached hydrogen (secondary N) is 10. The summed E-state index contributed by atoms with van der Waals surface area (Å²) >= 11 is 17.2. The molecule has 5 amide bonds. The van der Waals surface area contributed by atoms with Crippen molar-refractivity contribution in [2.45, 2.75) is 91.0 Å². The van der Waals surface area contributed by atoms with Gasteiger partial charge in [0, 0.05) is 43.4 Å². The molecular formula is C82H92Cl3F6N19O10. The third-order valence-corrected chi connectivity index (χ3v) is 16.2. The van der Waals surface area contributed by atoms with Crippen molar-refractivity contribution in [1.82, 2.24) is 19.9 Å². The van der Waals surface area contributed by atoms with Crippen molar-refractivity contribution in [2.24, 2.45) is 0 Å². The van der Waals surface area contributed by atoms with Gasteiger partial charge in [-0.3, -0.25) is 26.6 Å². The number of ether oxygens (including phenoxy) is 5. The summed E-state index contributed by atoms with van der Waals surface area (Å²) in [7, 11) is 0. The van der Waals surface area contributed by atoms with Gasteiger partial charge in [0.05, 0.1) is 65.1 Å². The van der Waals surface area contributed by atoms with Gasteiger partial charge in [-0.2, -0.15) is 26.3 Å². The number of anilines is 15. The van der Waals surface area contributed by atoms with E-state index in [0.29, 0.717) is 72.3 Å². The Morgan fingerprint density at radius 2 is 0.717 bits per heavy atom. The van der Waals surface area contributed by atoms with E-state index in [1.54, 1.807) is 57.2 Å². The normalized spacial score (nSPS) is 10.7. The highest BCUT2D eigenvalue weighted by molar-refractivity contribution is 6.48. The van der Waals surface area contributed by atoms with Crippen LogP contribution in [0.5, 0.6) is 0 Å².